The summed E-state index contributed by atoms with van der Waals surface area (Å²) in [6.45, 7) is 5.75. The van der Waals surface area contributed by atoms with Crippen LogP contribution in [0.25, 0.3) is 0 Å². The molecule has 1 N–H and O–H groups in total. The number of hydrogen-bond acceptors (Lipinski definition) is 2. The van der Waals surface area contributed by atoms with E-state index in [1.165, 1.54) is 61.8 Å². The number of methoxy groups -OCH3 is 1. The topological polar surface area (TPSA) is 21.3 Å². The highest BCUT2D eigenvalue weighted by Gasteiger charge is 2.24. The van der Waals surface area contributed by atoms with E-state index in [0.29, 0.717) is 6.04 Å². The molecule has 1 aliphatic heterocycles. The fourth-order valence-electron chi connectivity index (χ4n) is 4.15. The third-order valence-corrected chi connectivity index (χ3v) is 5.26. The lowest BCUT2D eigenvalue weighted by atomic mass is 9.81. The Kier molecular flexibility index (Phi) is 4.02. The van der Waals surface area contributed by atoms with Crippen LogP contribution in [0.15, 0.2) is 0 Å². The predicted molar refractivity (Wildman–Crippen MR) is 83.8 cm³/mol. The highest BCUT2D eigenvalue weighted by atomic mass is 16.5. The van der Waals surface area contributed by atoms with Crippen molar-refractivity contribution in [1.29, 1.82) is 0 Å². The van der Waals surface area contributed by atoms with Crippen LogP contribution in [0.2, 0.25) is 0 Å². The van der Waals surface area contributed by atoms with E-state index in [1.54, 1.807) is 11.1 Å². The van der Waals surface area contributed by atoms with Gasteiger partial charge in [-0.3, -0.25) is 0 Å². The summed E-state index contributed by atoms with van der Waals surface area (Å²) in [4.78, 5) is 0. The summed E-state index contributed by atoms with van der Waals surface area (Å²) in [6, 6.07) is 0.642. The molecular weight excluding hydrogens is 246 g/mol. The van der Waals surface area contributed by atoms with Crippen molar-refractivity contribution in [3.8, 4) is 5.75 Å². The molecule has 0 saturated carbocycles. The van der Waals surface area contributed by atoms with Gasteiger partial charge in [-0.1, -0.05) is 0 Å². The van der Waals surface area contributed by atoms with Gasteiger partial charge < -0.3 is 10.1 Å². The second-order valence-corrected chi connectivity index (χ2v) is 6.42. The summed E-state index contributed by atoms with van der Waals surface area (Å²) in [5.74, 6) is 1.16. The van der Waals surface area contributed by atoms with Crippen LogP contribution < -0.4 is 10.1 Å². The molecule has 0 radical (unpaired) electrons. The molecule has 1 aromatic carbocycles. The summed E-state index contributed by atoms with van der Waals surface area (Å²) < 4.78 is 5.81. The Morgan fingerprint density at radius 2 is 1.75 bits per heavy atom. The number of benzene rings is 1. The minimum atomic E-state index is 0.642. The van der Waals surface area contributed by atoms with Crippen LogP contribution in [-0.2, 0) is 19.3 Å². The van der Waals surface area contributed by atoms with Gasteiger partial charge in [-0.15, -0.1) is 0 Å². The van der Waals surface area contributed by atoms with Gasteiger partial charge >= 0.3 is 0 Å². The molecule has 2 aliphatic rings. The molecule has 2 heteroatoms. The largest absolute Gasteiger partial charge is 0.496 e. The highest BCUT2D eigenvalue weighted by molar-refractivity contribution is 5.56. The average molecular weight is 273 g/mol. The molecule has 2 nitrogen and oxygen atoms in total. The second-order valence-electron chi connectivity index (χ2n) is 6.42. The predicted octanol–water partition coefficient (Wildman–Crippen LogP) is 3.49. The zero-order valence-electron chi connectivity index (χ0n) is 13.1. The molecule has 110 valence electrons. The van der Waals surface area contributed by atoms with Crippen LogP contribution in [0.3, 0.4) is 0 Å². The van der Waals surface area contributed by atoms with Crippen LogP contribution in [0.4, 0.5) is 0 Å². The fourth-order valence-corrected chi connectivity index (χ4v) is 4.15. The van der Waals surface area contributed by atoms with Crippen molar-refractivity contribution >= 4 is 0 Å². The average Bonchev–Trinajstić information content (AvgIpc) is 2.98. The Morgan fingerprint density at radius 3 is 2.35 bits per heavy atom. The first-order valence-electron chi connectivity index (χ1n) is 8.13. The van der Waals surface area contributed by atoms with E-state index in [4.69, 9.17) is 4.74 Å². The number of rotatable bonds is 3. The van der Waals surface area contributed by atoms with E-state index in [2.05, 4.69) is 19.2 Å². The van der Waals surface area contributed by atoms with Gasteiger partial charge in [0.2, 0.25) is 0 Å². The van der Waals surface area contributed by atoms with E-state index < -0.39 is 0 Å². The first-order valence-corrected chi connectivity index (χ1v) is 8.13. The normalized spacial score (nSPS) is 21.9. The van der Waals surface area contributed by atoms with Gasteiger partial charge in [-0.05, 0) is 93.2 Å². The Labute approximate surface area is 122 Å². The van der Waals surface area contributed by atoms with Crippen molar-refractivity contribution < 1.29 is 4.74 Å². The van der Waals surface area contributed by atoms with Gasteiger partial charge in [0.1, 0.15) is 5.75 Å². The van der Waals surface area contributed by atoms with E-state index in [1.807, 2.05) is 7.11 Å². The Morgan fingerprint density at radius 1 is 1.05 bits per heavy atom. The third-order valence-electron chi connectivity index (χ3n) is 5.26. The lowest BCUT2D eigenvalue weighted by molar-refractivity contribution is 0.401. The van der Waals surface area contributed by atoms with E-state index in [0.717, 1.165) is 12.2 Å². The maximum absolute atomic E-state index is 5.81. The monoisotopic (exact) mass is 273 g/mol. The van der Waals surface area contributed by atoms with Gasteiger partial charge in [0.05, 0.1) is 7.11 Å². The first kappa shape index (κ1) is 13.9. The minimum Gasteiger partial charge on any atom is -0.496 e. The van der Waals surface area contributed by atoms with Gasteiger partial charge in [-0.25, -0.2) is 0 Å². The smallest absolute Gasteiger partial charge is 0.125 e. The lowest BCUT2D eigenvalue weighted by Gasteiger charge is -2.27. The van der Waals surface area contributed by atoms with Crippen molar-refractivity contribution in [1.82, 2.24) is 5.32 Å². The molecule has 0 amide bonds. The quantitative estimate of drug-likeness (QED) is 0.910. The summed E-state index contributed by atoms with van der Waals surface area (Å²) in [6.07, 6.45) is 8.93. The lowest BCUT2D eigenvalue weighted by Crippen LogP contribution is -2.25. The minimum absolute atomic E-state index is 0.642. The molecule has 3 rings (SSSR count). The van der Waals surface area contributed by atoms with Crippen LogP contribution in [0, 0.1) is 13.8 Å². The van der Waals surface area contributed by atoms with Crippen LogP contribution >= 0.6 is 0 Å². The molecule has 1 aliphatic carbocycles. The van der Waals surface area contributed by atoms with Crippen molar-refractivity contribution in [3.05, 3.63) is 27.8 Å². The number of nitrogens with one attached hydrogen (secondary N) is 1. The molecular formula is C18H27NO. The number of ether oxygens (including phenoxy) is 1. The summed E-state index contributed by atoms with van der Waals surface area (Å²) in [5.41, 5.74) is 7.58. The standard InChI is InChI=1S/C18H27NO/c1-12-15-8-4-5-9-16(15)13(2)18(20-3)17(12)11-14-7-6-10-19-14/h14,19H,4-11H2,1-3H3. The van der Waals surface area contributed by atoms with Crippen LogP contribution in [0.1, 0.15) is 53.5 Å². The Hall–Kier alpha value is -1.02. The van der Waals surface area contributed by atoms with Crippen LogP contribution in [-0.4, -0.2) is 19.7 Å². The van der Waals surface area contributed by atoms with Crippen molar-refractivity contribution in [2.45, 2.75) is 64.8 Å². The molecule has 1 saturated heterocycles. The van der Waals surface area contributed by atoms with Crippen molar-refractivity contribution in [2.24, 2.45) is 0 Å². The SMILES string of the molecule is COc1c(C)c2c(c(C)c1CC1CCCN1)CCCC2. The number of fused-ring (bicyclic) bond motifs is 1. The van der Waals surface area contributed by atoms with E-state index in [-0.39, 0.29) is 0 Å². The molecule has 0 spiro atoms. The molecule has 1 atom stereocenters. The molecule has 1 aromatic rings. The second kappa shape index (κ2) is 5.77. The zero-order chi connectivity index (χ0) is 14.1. The Bertz CT molecular complexity index is 501. The molecule has 0 bridgehead atoms. The maximum Gasteiger partial charge on any atom is 0.125 e. The maximum atomic E-state index is 5.81. The van der Waals surface area contributed by atoms with Gasteiger partial charge in [0.25, 0.3) is 0 Å². The molecule has 20 heavy (non-hydrogen) atoms. The zero-order valence-corrected chi connectivity index (χ0v) is 13.1. The van der Waals surface area contributed by atoms with Gasteiger partial charge in [0.15, 0.2) is 0 Å². The Balaban J connectivity index is 2.04. The summed E-state index contributed by atoms with van der Waals surface area (Å²) in [7, 11) is 1.84. The fraction of sp³-hybridized carbons (Fsp3) is 0.667. The molecule has 1 fully saturated rings. The summed E-state index contributed by atoms with van der Waals surface area (Å²) >= 11 is 0. The van der Waals surface area contributed by atoms with E-state index >= 15 is 0 Å². The van der Waals surface area contributed by atoms with E-state index in [9.17, 15) is 0 Å². The summed E-state index contributed by atoms with van der Waals surface area (Å²) in [5, 5.41) is 3.63. The van der Waals surface area contributed by atoms with Crippen molar-refractivity contribution in [2.75, 3.05) is 13.7 Å². The number of hydrogen-bond donors (Lipinski definition) is 1. The molecule has 1 unspecified atom stereocenters. The van der Waals surface area contributed by atoms with Gasteiger partial charge in [0, 0.05) is 6.04 Å². The van der Waals surface area contributed by atoms with Crippen molar-refractivity contribution in [3.63, 3.8) is 0 Å². The molecule has 1 heterocycles. The first-order chi connectivity index (χ1) is 9.72. The van der Waals surface area contributed by atoms with Gasteiger partial charge in [-0.2, -0.15) is 0 Å². The third kappa shape index (κ3) is 2.35. The van der Waals surface area contributed by atoms with Crippen LogP contribution in [0.5, 0.6) is 5.75 Å². The molecule has 0 aromatic heterocycles. The highest BCUT2D eigenvalue weighted by Crippen LogP contribution is 2.38.